The van der Waals surface area contributed by atoms with Crippen LogP contribution >= 0.6 is 0 Å². The highest BCUT2D eigenvalue weighted by Crippen LogP contribution is 2.21. The molecular weight excluding hydrogens is 404 g/mol. The molecule has 2 aromatic heterocycles. The first-order chi connectivity index (χ1) is 14.0. The molecule has 30 heavy (non-hydrogen) atoms. The number of hydrogen-bond donors (Lipinski definition) is 4. The highest BCUT2D eigenvalue weighted by atomic mass is 32.2. The van der Waals surface area contributed by atoms with Crippen LogP contribution in [0.2, 0.25) is 0 Å². The minimum atomic E-state index is -3.28. The van der Waals surface area contributed by atoms with Gasteiger partial charge in [0.25, 0.3) is 0 Å². The van der Waals surface area contributed by atoms with Crippen molar-refractivity contribution < 1.29 is 18.0 Å². The predicted molar refractivity (Wildman–Crippen MR) is 119 cm³/mol. The quantitative estimate of drug-likeness (QED) is 0.291. The summed E-state index contributed by atoms with van der Waals surface area (Å²) in [5.74, 6) is -0.0198. The van der Waals surface area contributed by atoms with Crippen molar-refractivity contribution in [2.45, 2.75) is 13.8 Å². The van der Waals surface area contributed by atoms with E-state index in [4.69, 9.17) is 5.73 Å². The van der Waals surface area contributed by atoms with Crippen molar-refractivity contribution in [3.8, 4) is 0 Å². The summed E-state index contributed by atoms with van der Waals surface area (Å²) >= 11 is 0. The van der Waals surface area contributed by atoms with E-state index in [2.05, 4.69) is 14.7 Å². The third-order valence-electron chi connectivity index (χ3n) is 4.33. The van der Waals surface area contributed by atoms with Gasteiger partial charge < -0.3 is 15.7 Å². The summed E-state index contributed by atoms with van der Waals surface area (Å²) in [5, 5.41) is 1.77. The Morgan fingerprint density at radius 3 is 1.83 bits per heavy atom. The summed E-state index contributed by atoms with van der Waals surface area (Å²) in [7, 11) is -3.28. The summed E-state index contributed by atoms with van der Waals surface area (Å²) in [4.78, 5) is 28.2. The molecule has 0 saturated heterocycles. The van der Waals surface area contributed by atoms with Crippen molar-refractivity contribution in [1.82, 2.24) is 9.97 Å². The first-order valence-electron chi connectivity index (χ1n) is 9.02. The molecule has 2 aromatic carbocycles. The van der Waals surface area contributed by atoms with Crippen LogP contribution in [0.25, 0.3) is 21.8 Å². The molecule has 2 heterocycles. The monoisotopic (exact) mass is 426 g/mol. The number of aromatic amines is 2. The van der Waals surface area contributed by atoms with Gasteiger partial charge in [-0.25, -0.2) is 8.42 Å². The van der Waals surface area contributed by atoms with Gasteiger partial charge >= 0.3 is 0 Å². The molecule has 0 aliphatic carbocycles. The number of H-pyrrole nitrogens is 2. The molecule has 156 valence electrons. The van der Waals surface area contributed by atoms with E-state index in [-0.39, 0.29) is 11.6 Å². The van der Waals surface area contributed by atoms with E-state index in [1.54, 1.807) is 24.3 Å². The van der Waals surface area contributed by atoms with Crippen LogP contribution < -0.4 is 10.5 Å². The molecular formula is C21H22N4O4S. The van der Waals surface area contributed by atoms with Gasteiger partial charge in [0.2, 0.25) is 10.0 Å². The number of nitrogens with one attached hydrogen (secondary N) is 3. The van der Waals surface area contributed by atoms with Crippen molar-refractivity contribution in [2.75, 3.05) is 16.7 Å². The first kappa shape index (κ1) is 21.1. The molecule has 8 nitrogen and oxygen atoms in total. The second-order valence-corrected chi connectivity index (χ2v) is 8.75. The molecule has 0 amide bonds. The third-order valence-corrected chi connectivity index (χ3v) is 4.93. The zero-order valence-corrected chi connectivity index (χ0v) is 17.6. The molecule has 4 rings (SSSR count). The average Bonchev–Trinajstić information content (AvgIpc) is 3.24. The van der Waals surface area contributed by atoms with E-state index in [0.29, 0.717) is 22.8 Å². The second-order valence-electron chi connectivity index (χ2n) is 7.00. The summed E-state index contributed by atoms with van der Waals surface area (Å²) in [5.41, 5.74) is 9.68. The minimum Gasteiger partial charge on any atom is -0.399 e. The maximum absolute atomic E-state index is 11.2. The van der Waals surface area contributed by atoms with Crippen molar-refractivity contribution in [1.29, 1.82) is 0 Å². The fraction of sp³-hybridized carbons (Fsp3) is 0.143. The van der Waals surface area contributed by atoms with Crippen LogP contribution in [0.15, 0.2) is 48.5 Å². The van der Waals surface area contributed by atoms with Gasteiger partial charge in [-0.1, -0.05) is 0 Å². The highest BCUT2D eigenvalue weighted by Gasteiger charge is 2.07. The van der Waals surface area contributed by atoms with Gasteiger partial charge in [0.1, 0.15) is 0 Å². The lowest BCUT2D eigenvalue weighted by molar-refractivity contribution is 0.100. The fourth-order valence-corrected chi connectivity index (χ4v) is 3.50. The Kier molecular flexibility index (Phi) is 5.66. The molecule has 9 heteroatoms. The van der Waals surface area contributed by atoms with Gasteiger partial charge in [-0.05, 0) is 48.5 Å². The van der Waals surface area contributed by atoms with E-state index < -0.39 is 10.0 Å². The first-order valence-corrected chi connectivity index (χ1v) is 10.9. The Labute approximate surface area is 173 Å². The number of Topliss-reactive ketones (excluding diaryl/α,β-unsaturated/α-hetero) is 2. The highest BCUT2D eigenvalue weighted by molar-refractivity contribution is 7.92. The number of nitrogen functional groups attached to an aromatic ring is 1. The molecule has 0 unspecified atom stereocenters. The molecule has 0 spiro atoms. The predicted octanol–water partition coefficient (Wildman–Crippen LogP) is 3.69. The Morgan fingerprint density at radius 1 is 0.833 bits per heavy atom. The van der Waals surface area contributed by atoms with Crippen molar-refractivity contribution in [3.05, 3.63) is 59.9 Å². The summed E-state index contributed by atoms with van der Waals surface area (Å²) < 4.78 is 24.5. The van der Waals surface area contributed by atoms with Gasteiger partial charge in [0.15, 0.2) is 11.6 Å². The Bertz CT molecular complexity index is 1370. The zero-order valence-electron chi connectivity index (χ0n) is 16.7. The smallest absolute Gasteiger partial charge is 0.229 e. The van der Waals surface area contributed by atoms with Gasteiger partial charge in [0.05, 0.1) is 17.6 Å². The van der Waals surface area contributed by atoms with E-state index >= 15 is 0 Å². The number of fused-ring (bicyclic) bond motifs is 2. The van der Waals surface area contributed by atoms with Crippen LogP contribution in [0, 0.1) is 0 Å². The van der Waals surface area contributed by atoms with E-state index in [0.717, 1.165) is 28.1 Å². The molecule has 0 atom stereocenters. The number of carbonyl (C=O) groups is 2. The number of ketones is 2. The lowest BCUT2D eigenvalue weighted by Crippen LogP contribution is -2.09. The molecule has 0 fully saturated rings. The number of carbonyl (C=O) groups excluding carboxylic acids is 2. The van der Waals surface area contributed by atoms with Crippen LogP contribution in [-0.2, 0) is 10.0 Å². The number of sulfonamides is 1. The molecule has 0 saturated carbocycles. The summed E-state index contributed by atoms with van der Waals surface area (Å²) in [6.45, 7) is 3.01. The molecule has 0 aliphatic rings. The summed E-state index contributed by atoms with van der Waals surface area (Å²) in [6, 6.07) is 14.1. The number of hydrogen-bond acceptors (Lipinski definition) is 5. The number of anilines is 2. The Balaban J connectivity index is 0.000000177. The lowest BCUT2D eigenvalue weighted by Gasteiger charge is -2.02. The fourth-order valence-electron chi connectivity index (χ4n) is 2.94. The third kappa shape index (κ3) is 5.06. The molecule has 0 aliphatic heterocycles. The Morgan fingerprint density at radius 2 is 1.33 bits per heavy atom. The number of aromatic nitrogens is 2. The SMILES string of the molecule is CC(=O)c1cc2cc(N)ccc2[nH]1.CC(=O)c1cc2cc(NS(C)(=O)=O)ccc2[nH]1. The van der Waals surface area contributed by atoms with E-state index in [1.165, 1.54) is 13.8 Å². The summed E-state index contributed by atoms with van der Waals surface area (Å²) in [6.07, 6.45) is 1.09. The number of nitrogens with two attached hydrogens (primary N) is 1. The average molecular weight is 426 g/mol. The van der Waals surface area contributed by atoms with E-state index in [1.807, 2.05) is 24.3 Å². The standard InChI is InChI=1S/C11H12N2O3S.C10H10N2O/c1-7(14)11-6-8-5-9(13-17(2,15)16)3-4-10(8)12-11;1-6(13)10-5-7-4-8(11)2-3-9(7)12-10/h3-6,12-13H,1-2H3;2-5,12H,11H2,1H3. The maximum atomic E-state index is 11.2. The normalized spacial score (nSPS) is 11.2. The van der Waals surface area contributed by atoms with Crippen molar-refractivity contribution in [3.63, 3.8) is 0 Å². The van der Waals surface area contributed by atoms with Gasteiger partial charge in [-0.15, -0.1) is 0 Å². The van der Waals surface area contributed by atoms with Crippen LogP contribution in [0.1, 0.15) is 34.8 Å². The molecule has 0 bridgehead atoms. The second kappa shape index (κ2) is 8.03. The van der Waals surface area contributed by atoms with E-state index in [9.17, 15) is 18.0 Å². The molecule has 0 radical (unpaired) electrons. The minimum absolute atomic E-state index is 0.0368. The van der Waals surface area contributed by atoms with Crippen LogP contribution in [0.5, 0.6) is 0 Å². The van der Waals surface area contributed by atoms with Crippen molar-refractivity contribution >= 4 is 54.8 Å². The zero-order chi connectivity index (χ0) is 22.1. The number of benzene rings is 2. The Hall–Kier alpha value is -3.59. The van der Waals surface area contributed by atoms with Crippen LogP contribution in [0.3, 0.4) is 0 Å². The van der Waals surface area contributed by atoms with Gasteiger partial charge in [0, 0.05) is 47.0 Å². The van der Waals surface area contributed by atoms with Crippen LogP contribution in [-0.4, -0.2) is 36.2 Å². The van der Waals surface area contributed by atoms with Crippen LogP contribution in [0.4, 0.5) is 11.4 Å². The van der Waals surface area contributed by atoms with Gasteiger partial charge in [-0.2, -0.15) is 0 Å². The van der Waals surface area contributed by atoms with Crippen molar-refractivity contribution in [2.24, 2.45) is 0 Å². The molecule has 4 aromatic rings. The topological polar surface area (TPSA) is 138 Å². The maximum Gasteiger partial charge on any atom is 0.229 e. The van der Waals surface area contributed by atoms with Gasteiger partial charge in [-0.3, -0.25) is 14.3 Å². The number of rotatable bonds is 4. The lowest BCUT2D eigenvalue weighted by atomic mass is 10.2. The largest absolute Gasteiger partial charge is 0.399 e. The molecule has 5 N–H and O–H groups in total.